The Morgan fingerprint density at radius 3 is 2.68 bits per heavy atom. The van der Waals surface area contributed by atoms with Crippen LogP contribution in [0.5, 0.6) is 0 Å². The topological polar surface area (TPSA) is 45.1 Å². The van der Waals surface area contributed by atoms with Gasteiger partial charge in [0.15, 0.2) is 0 Å². The lowest BCUT2D eigenvalue weighted by Gasteiger charge is -2.35. The van der Waals surface area contributed by atoms with Gasteiger partial charge in [-0.3, -0.25) is 9.69 Å². The summed E-state index contributed by atoms with van der Waals surface area (Å²) in [6.07, 6.45) is -0.0860. The maximum absolute atomic E-state index is 13.8. The van der Waals surface area contributed by atoms with Crippen molar-refractivity contribution in [1.82, 2.24) is 9.80 Å². The molecule has 1 amide bonds. The molecule has 0 N–H and O–H groups in total. The van der Waals surface area contributed by atoms with Crippen molar-refractivity contribution in [3.8, 4) is 0 Å². The van der Waals surface area contributed by atoms with Crippen LogP contribution in [0.4, 0.5) is 4.39 Å². The first-order chi connectivity index (χ1) is 13.6. The molecule has 4 rings (SSSR count). The third kappa shape index (κ3) is 4.25. The van der Waals surface area contributed by atoms with Gasteiger partial charge in [-0.1, -0.05) is 51.4 Å². The maximum atomic E-state index is 13.8. The highest BCUT2D eigenvalue weighted by molar-refractivity contribution is 9.10. The highest BCUT2D eigenvalue weighted by Gasteiger charge is 2.33. The van der Waals surface area contributed by atoms with Crippen LogP contribution in [0.1, 0.15) is 17.5 Å². The Morgan fingerprint density at radius 1 is 1.14 bits per heavy atom. The molecular weight excluding hydrogens is 425 g/mol. The summed E-state index contributed by atoms with van der Waals surface area (Å²) >= 11 is 3.45. The molecule has 0 radical (unpaired) electrons. The molecule has 0 spiro atoms. The Bertz CT molecular complexity index is 897. The molecule has 1 saturated heterocycles. The number of carbonyl (C=O) groups is 1. The highest BCUT2D eigenvalue weighted by Crippen LogP contribution is 2.22. The van der Waals surface area contributed by atoms with Gasteiger partial charge in [0.1, 0.15) is 5.82 Å². The molecule has 2 aliphatic heterocycles. The molecular formula is C21H21BrFN3O2. The third-order valence-electron chi connectivity index (χ3n) is 5.14. The Kier molecular flexibility index (Phi) is 5.73. The largest absolute Gasteiger partial charge is 0.382 e. The first-order valence-electron chi connectivity index (χ1n) is 9.33. The van der Waals surface area contributed by atoms with Crippen LogP contribution < -0.4 is 0 Å². The van der Waals surface area contributed by atoms with Crippen LogP contribution in [0, 0.1) is 5.82 Å². The molecule has 2 aliphatic rings. The van der Waals surface area contributed by atoms with Gasteiger partial charge in [0.25, 0.3) is 5.91 Å². The summed E-state index contributed by atoms with van der Waals surface area (Å²) in [4.78, 5) is 22.2. The van der Waals surface area contributed by atoms with Gasteiger partial charge >= 0.3 is 0 Å². The zero-order valence-electron chi connectivity index (χ0n) is 15.4. The van der Waals surface area contributed by atoms with Crippen molar-refractivity contribution in [3.63, 3.8) is 0 Å². The summed E-state index contributed by atoms with van der Waals surface area (Å²) in [5.41, 5.74) is 2.44. The van der Waals surface area contributed by atoms with Gasteiger partial charge in [-0.05, 0) is 18.2 Å². The molecule has 0 aliphatic carbocycles. The molecule has 0 saturated carbocycles. The van der Waals surface area contributed by atoms with Crippen molar-refractivity contribution in [2.75, 3.05) is 26.2 Å². The summed E-state index contributed by atoms with van der Waals surface area (Å²) in [6.45, 7) is 3.21. The molecule has 2 aromatic rings. The summed E-state index contributed by atoms with van der Waals surface area (Å²) in [7, 11) is 0. The second kappa shape index (κ2) is 8.41. The standard InChI is InChI=1S/C21H21BrFN3O2/c22-17-6-3-5-15(12-17)19-13-20(28-24-19)21(27)26-10-8-25(9-11-26)14-16-4-1-2-7-18(16)23/h1-7,12,20H,8-11,13-14H2. The number of hydrogen-bond donors (Lipinski definition) is 0. The van der Waals surface area contributed by atoms with E-state index in [9.17, 15) is 9.18 Å². The zero-order valence-corrected chi connectivity index (χ0v) is 16.9. The van der Waals surface area contributed by atoms with E-state index in [0.29, 0.717) is 44.7 Å². The minimum absolute atomic E-state index is 0.0284. The predicted molar refractivity (Wildman–Crippen MR) is 108 cm³/mol. The minimum Gasteiger partial charge on any atom is -0.382 e. The lowest BCUT2D eigenvalue weighted by atomic mass is 10.0. The van der Waals surface area contributed by atoms with Crippen LogP contribution in [0.15, 0.2) is 58.2 Å². The van der Waals surface area contributed by atoms with E-state index in [1.165, 1.54) is 6.07 Å². The molecule has 146 valence electrons. The molecule has 5 nitrogen and oxygen atoms in total. The second-order valence-corrected chi connectivity index (χ2v) is 7.96. The molecule has 2 heterocycles. The molecule has 28 heavy (non-hydrogen) atoms. The van der Waals surface area contributed by atoms with E-state index in [-0.39, 0.29) is 11.7 Å². The number of halogens is 2. The van der Waals surface area contributed by atoms with Gasteiger partial charge < -0.3 is 9.74 Å². The predicted octanol–water partition coefficient (Wildman–Crippen LogP) is 3.43. The minimum atomic E-state index is -0.563. The second-order valence-electron chi connectivity index (χ2n) is 7.04. The quantitative estimate of drug-likeness (QED) is 0.723. The normalized spacial score (nSPS) is 20.0. The zero-order chi connectivity index (χ0) is 19.5. The van der Waals surface area contributed by atoms with Gasteiger partial charge in [-0.2, -0.15) is 0 Å². The monoisotopic (exact) mass is 445 g/mol. The van der Waals surface area contributed by atoms with Gasteiger partial charge in [0.05, 0.1) is 5.71 Å². The lowest BCUT2D eigenvalue weighted by molar-refractivity contribution is -0.143. The molecule has 0 bridgehead atoms. The first-order valence-corrected chi connectivity index (χ1v) is 10.1. The van der Waals surface area contributed by atoms with Gasteiger partial charge in [0, 0.05) is 54.7 Å². The molecule has 0 aromatic heterocycles. The van der Waals surface area contributed by atoms with Crippen molar-refractivity contribution >= 4 is 27.5 Å². The fourth-order valence-electron chi connectivity index (χ4n) is 3.55. The number of rotatable bonds is 4. The van der Waals surface area contributed by atoms with E-state index in [2.05, 4.69) is 26.0 Å². The number of benzene rings is 2. The number of oxime groups is 1. The molecule has 1 unspecified atom stereocenters. The summed E-state index contributed by atoms with van der Waals surface area (Å²) in [5.74, 6) is -0.211. The number of amides is 1. The van der Waals surface area contributed by atoms with Crippen molar-refractivity contribution in [2.24, 2.45) is 5.16 Å². The van der Waals surface area contributed by atoms with E-state index in [1.807, 2.05) is 35.2 Å². The number of hydrogen-bond acceptors (Lipinski definition) is 4. The van der Waals surface area contributed by atoms with Crippen LogP contribution >= 0.6 is 15.9 Å². The number of carbonyl (C=O) groups excluding carboxylic acids is 1. The van der Waals surface area contributed by atoms with Crippen LogP contribution in [0.25, 0.3) is 0 Å². The van der Waals surface area contributed by atoms with Crippen molar-refractivity contribution in [1.29, 1.82) is 0 Å². The van der Waals surface area contributed by atoms with E-state index in [4.69, 9.17) is 4.84 Å². The first kappa shape index (κ1) is 19.1. The summed E-state index contributed by atoms with van der Waals surface area (Å²) < 4.78 is 14.8. The van der Waals surface area contributed by atoms with Crippen LogP contribution in [0.2, 0.25) is 0 Å². The average Bonchev–Trinajstić information content (AvgIpc) is 3.20. The van der Waals surface area contributed by atoms with Gasteiger partial charge in [-0.15, -0.1) is 0 Å². The number of nitrogens with zero attached hydrogens (tertiary/aromatic N) is 3. The molecule has 1 fully saturated rings. The van der Waals surface area contributed by atoms with Crippen LogP contribution in [0.3, 0.4) is 0 Å². The SMILES string of the molecule is O=C(C1CC(c2cccc(Br)c2)=NO1)N1CCN(Cc2ccccc2F)CC1. The van der Waals surface area contributed by atoms with Crippen LogP contribution in [-0.4, -0.2) is 53.7 Å². The smallest absolute Gasteiger partial charge is 0.266 e. The Balaban J connectivity index is 1.30. The molecule has 7 heteroatoms. The van der Waals surface area contributed by atoms with E-state index < -0.39 is 6.10 Å². The maximum Gasteiger partial charge on any atom is 0.266 e. The van der Waals surface area contributed by atoms with E-state index in [0.717, 1.165) is 15.7 Å². The average molecular weight is 446 g/mol. The fourth-order valence-corrected chi connectivity index (χ4v) is 3.95. The Hall–Kier alpha value is -2.25. The highest BCUT2D eigenvalue weighted by atomic mass is 79.9. The van der Waals surface area contributed by atoms with E-state index >= 15 is 0 Å². The van der Waals surface area contributed by atoms with Crippen molar-refractivity contribution in [3.05, 3.63) is 69.9 Å². The Morgan fingerprint density at radius 2 is 1.93 bits per heavy atom. The summed E-state index contributed by atoms with van der Waals surface area (Å²) in [6, 6.07) is 14.6. The fraction of sp³-hybridized carbons (Fsp3) is 0.333. The third-order valence-corrected chi connectivity index (χ3v) is 5.63. The van der Waals surface area contributed by atoms with E-state index in [1.54, 1.807) is 12.1 Å². The summed E-state index contributed by atoms with van der Waals surface area (Å²) in [5, 5.41) is 4.12. The van der Waals surface area contributed by atoms with Gasteiger partial charge in [-0.25, -0.2) is 4.39 Å². The van der Waals surface area contributed by atoms with Gasteiger partial charge in [0.2, 0.25) is 6.10 Å². The molecule has 2 aromatic carbocycles. The molecule has 1 atom stereocenters. The Labute approximate surface area is 171 Å². The lowest BCUT2D eigenvalue weighted by Crippen LogP contribution is -2.51. The van der Waals surface area contributed by atoms with Crippen molar-refractivity contribution < 1.29 is 14.0 Å². The van der Waals surface area contributed by atoms with Crippen LogP contribution in [-0.2, 0) is 16.2 Å². The van der Waals surface area contributed by atoms with Crippen molar-refractivity contribution in [2.45, 2.75) is 19.1 Å². The number of piperazine rings is 1.